The molecule has 40 heavy (non-hydrogen) atoms. The van der Waals surface area contributed by atoms with Crippen LogP contribution in [-0.2, 0) is 25.6 Å². The highest BCUT2D eigenvalue weighted by Crippen LogP contribution is 2.32. The Balaban J connectivity index is 1.32. The van der Waals surface area contributed by atoms with Gasteiger partial charge in [-0.05, 0) is 18.6 Å². The van der Waals surface area contributed by atoms with Gasteiger partial charge in [0.05, 0.1) is 30.4 Å². The second-order valence-electron chi connectivity index (χ2n) is 8.87. The van der Waals surface area contributed by atoms with Gasteiger partial charge >= 0.3 is 10.3 Å². The number of carbonyl (C=O) groups is 1. The lowest BCUT2D eigenvalue weighted by Crippen LogP contribution is -2.37. The maximum atomic E-state index is 12.3. The summed E-state index contributed by atoms with van der Waals surface area (Å²) in [5, 5.41) is 39.1. The number of nitrogen functional groups attached to an aromatic ring is 1. The number of fused-ring (bicyclic) bond motifs is 1. The van der Waals surface area contributed by atoms with Crippen molar-refractivity contribution < 1.29 is 37.5 Å². The molecule has 1 aliphatic heterocycles. The number of nitrogens with two attached hydrogens (primary N) is 1. The number of amides is 1. The van der Waals surface area contributed by atoms with Gasteiger partial charge in [0.25, 0.3) is 11.9 Å². The predicted octanol–water partition coefficient (Wildman–Crippen LogP) is -1.04. The number of para-hydroxylation sites is 1. The van der Waals surface area contributed by atoms with E-state index < -0.39 is 53.1 Å². The minimum absolute atomic E-state index is 0.0190. The Kier molecular flexibility index (Phi) is 7.34. The van der Waals surface area contributed by atoms with Crippen LogP contribution in [-0.4, -0.2) is 89.1 Å². The summed E-state index contributed by atoms with van der Waals surface area (Å²) in [6.45, 7) is 1.24. The highest BCUT2D eigenvalue weighted by Gasteiger charge is 2.45. The first kappa shape index (κ1) is 27.3. The third-order valence-electron chi connectivity index (χ3n) is 6.05. The molecule has 1 fully saturated rings. The van der Waals surface area contributed by atoms with Crippen molar-refractivity contribution in [2.75, 3.05) is 12.3 Å². The van der Waals surface area contributed by atoms with Crippen molar-refractivity contribution in [2.24, 2.45) is 0 Å². The Morgan fingerprint density at radius 1 is 1.23 bits per heavy atom. The first-order valence-corrected chi connectivity index (χ1v) is 13.4. The monoisotopic (exact) mass is 575 g/mol. The number of phenolic OH excluding ortho intramolecular Hbond substituents is 1. The van der Waals surface area contributed by atoms with E-state index in [9.17, 15) is 28.5 Å². The molecule has 0 unspecified atom stereocenters. The van der Waals surface area contributed by atoms with Crippen molar-refractivity contribution in [1.82, 2.24) is 39.2 Å². The summed E-state index contributed by atoms with van der Waals surface area (Å²) in [7, 11) is -4.68. The summed E-state index contributed by atoms with van der Waals surface area (Å²) in [4.78, 5) is 25.0. The van der Waals surface area contributed by atoms with Crippen LogP contribution in [0.15, 0.2) is 36.8 Å². The molecule has 3 aromatic heterocycles. The summed E-state index contributed by atoms with van der Waals surface area (Å²) in [5.74, 6) is -1.46. The molecular formula is C22H25N9O8S. The molecule has 4 aromatic rings. The SMILES string of the molecule is CCCc1cn(-c2nc(N)c3ncn([C@H]4O[C@@H](COS(=O)(=O)NC(=O)c5ccccc5O)[C@H](O)[C@@H]4O)c3n2)nn1. The van der Waals surface area contributed by atoms with Crippen LogP contribution in [0.5, 0.6) is 5.75 Å². The zero-order chi connectivity index (χ0) is 28.6. The van der Waals surface area contributed by atoms with E-state index in [1.165, 1.54) is 39.8 Å². The number of ether oxygens (including phenoxy) is 1. The number of hydrogen-bond donors (Lipinski definition) is 5. The van der Waals surface area contributed by atoms with Crippen molar-refractivity contribution in [1.29, 1.82) is 0 Å². The molecule has 18 heteroatoms. The fourth-order valence-electron chi connectivity index (χ4n) is 4.10. The molecule has 1 aromatic carbocycles. The van der Waals surface area contributed by atoms with Gasteiger partial charge in [0.2, 0.25) is 0 Å². The first-order chi connectivity index (χ1) is 19.1. The van der Waals surface area contributed by atoms with Crippen molar-refractivity contribution >= 4 is 33.2 Å². The van der Waals surface area contributed by atoms with E-state index in [4.69, 9.17) is 14.7 Å². The number of benzene rings is 1. The molecule has 1 saturated heterocycles. The molecule has 4 atom stereocenters. The van der Waals surface area contributed by atoms with Gasteiger partial charge in [0.1, 0.15) is 29.6 Å². The van der Waals surface area contributed by atoms with Crippen LogP contribution >= 0.6 is 0 Å². The quantitative estimate of drug-likeness (QED) is 0.160. The van der Waals surface area contributed by atoms with Gasteiger partial charge in [0.15, 0.2) is 17.7 Å². The van der Waals surface area contributed by atoms with Gasteiger partial charge in [-0.15, -0.1) is 5.10 Å². The smallest absolute Gasteiger partial charge is 0.362 e. The van der Waals surface area contributed by atoms with Crippen LogP contribution in [0.25, 0.3) is 17.1 Å². The molecule has 0 saturated carbocycles. The number of anilines is 1. The van der Waals surface area contributed by atoms with Crippen molar-refractivity contribution in [2.45, 2.75) is 44.3 Å². The molecule has 4 heterocycles. The minimum atomic E-state index is -4.68. The van der Waals surface area contributed by atoms with E-state index in [2.05, 4.69) is 25.3 Å². The average Bonchev–Trinajstić information content (AvgIpc) is 3.62. The second-order valence-corrected chi connectivity index (χ2v) is 10.2. The third kappa shape index (κ3) is 5.29. The molecule has 0 radical (unpaired) electrons. The number of aromatic hydroxyl groups is 1. The molecule has 212 valence electrons. The van der Waals surface area contributed by atoms with E-state index in [0.717, 1.165) is 12.1 Å². The summed E-state index contributed by atoms with van der Waals surface area (Å²) in [6, 6.07) is 5.32. The standard InChI is InChI=1S/C22H25N9O8S/c1-2-5-11-8-31(29-27-11)22-25-18(23)15-19(26-22)30(10-24-15)21-17(34)16(33)14(39-21)9-38-40(36,37)28-20(35)12-6-3-4-7-13(12)32/h3-4,6-8,10,14,16-17,21,32-34H,2,5,9H2,1H3,(H,28,35)(H2,23,25,26)/t14-,16-,17-,21-/m0/s1. The van der Waals surface area contributed by atoms with Crippen LogP contribution in [0.2, 0.25) is 0 Å². The van der Waals surface area contributed by atoms with Crippen LogP contribution in [0.1, 0.15) is 35.6 Å². The third-order valence-corrected chi connectivity index (χ3v) is 6.94. The Hall–Kier alpha value is -4.23. The number of hydrogen-bond acceptors (Lipinski definition) is 14. The van der Waals surface area contributed by atoms with Crippen molar-refractivity contribution in [3.05, 3.63) is 48.0 Å². The zero-order valence-corrected chi connectivity index (χ0v) is 21.7. The number of rotatable bonds is 9. The summed E-state index contributed by atoms with van der Waals surface area (Å²) in [6.07, 6.45) is -1.24. The molecule has 1 amide bonds. The zero-order valence-electron chi connectivity index (χ0n) is 20.9. The Morgan fingerprint density at radius 2 is 2.00 bits per heavy atom. The molecular weight excluding hydrogens is 550 g/mol. The van der Waals surface area contributed by atoms with E-state index >= 15 is 0 Å². The number of aliphatic hydroxyl groups excluding tert-OH is 2. The topological polar surface area (TPSA) is 243 Å². The normalized spacial score (nSPS) is 21.2. The first-order valence-electron chi connectivity index (χ1n) is 12.0. The Labute approximate surface area is 226 Å². The summed E-state index contributed by atoms with van der Waals surface area (Å²) < 4.78 is 39.4. The molecule has 6 N–H and O–H groups in total. The summed E-state index contributed by atoms with van der Waals surface area (Å²) >= 11 is 0. The van der Waals surface area contributed by atoms with Gasteiger partial charge in [-0.25, -0.2) is 9.71 Å². The van der Waals surface area contributed by atoms with E-state index in [1.54, 1.807) is 10.9 Å². The van der Waals surface area contributed by atoms with Crippen molar-refractivity contribution in [3.8, 4) is 11.7 Å². The van der Waals surface area contributed by atoms with E-state index in [0.29, 0.717) is 6.42 Å². The predicted molar refractivity (Wildman–Crippen MR) is 135 cm³/mol. The van der Waals surface area contributed by atoms with Crippen LogP contribution in [0.3, 0.4) is 0 Å². The fraction of sp³-hybridized carbons (Fsp3) is 0.364. The van der Waals surface area contributed by atoms with Gasteiger partial charge in [0, 0.05) is 0 Å². The highest BCUT2D eigenvalue weighted by molar-refractivity contribution is 7.85. The lowest BCUT2D eigenvalue weighted by atomic mass is 10.1. The lowest BCUT2D eigenvalue weighted by Gasteiger charge is -2.16. The number of imidazole rings is 1. The van der Waals surface area contributed by atoms with Gasteiger partial charge < -0.3 is 25.8 Å². The number of nitrogens with zero attached hydrogens (tertiary/aromatic N) is 7. The van der Waals surface area contributed by atoms with Gasteiger partial charge in [-0.1, -0.05) is 30.7 Å². The maximum Gasteiger partial charge on any atom is 0.362 e. The summed E-state index contributed by atoms with van der Waals surface area (Å²) in [5.41, 5.74) is 6.85. The van der Waals surface area contributed by atoms with Gasteiger partial charge in [-0.3, -0.25) is 13.5 Å². The number of phenols is 1. The highest BCUT2D eigenvalue weighted by atomic mass is 32.2. The lowest BCUT2D eigenvalue weighted by molar-refractivity contribution is -0.0468. The number of carbonyl (C=O) groups excluding carboxylic acids is 1. The van der Waals surface area contributed by atoms with E-state index in [-0.39, 0.29) is 28.5 Å². The molecule has 17 nitrogen and oxygen atoms in total. The van der Waals surface area contributed by atoms with Crippen LogP contribution in [0.4, 0.5) is 5.82 Å². The Bertz CT molecular complexity index is 1660. The number of aromatic nitrogens is 7. The van der Waals surface area contributed by atoms with Gasteiger partial charge in [-0.2, -0.15) is 23.1 Å². The number of aryl methyl sites for hydroxylation is 1. The molecule has 0 aliphatic carbocycles. The van der Waals surface area contributed by atoms with Crippen LogP contribution < -0.4 is 10.5 Å². The largest absolute Gasteiger partial charge is 0.507 e. The molecule has 1 aliphatic rings. The average molecular weight is 576 g/mol. The molecule has 5 rings (SSSR count). The fourth-order valence-corrected chi connectivity index (χ4v) is 4.81. The molecule has 0 bridgehead atoms. The number of nitrogens with one attached hydrogen (secondary N) is 1. The Morgan fingerprint density at radius 3 is 2.75 bits per heavy atom. The van der Waals surface area contributed by atoms with Crippen LogP contribution in [0, 0.1) is 0 Å². The molecule has 0 spiro atoms. The van der Waals surface area contributed by atoms with Crippen molar-refractivity contribution in [3.63, 3.8) is 0 Å². The maximum absolute atomic E-state index is 12.3. The number of aliphatic hydroxyl groups is 2. The van der Waals surface area contributed by atoms with E-state index in [1.807, 2.05) is 6.92 Å². The minimum Gasteiger partial charge on any atom is -0.507 e. The second kappa shape index (κ2) is 10.7.